The van der Waals surface area contributed by atoms with E-state index < -0.39 is 10.0 Å². The van der Waals surface area contributed by atoms with E-state index in [1.54, 1.807) is 30.8 Å². The number of rotatable bonds is 7. The van der Waals surface area contributed by atoms with Crippen molar-refractivity contribution >= 4 is 37.7 Å². The molecule has 3 rings (SSSR count). The Labute approximate surface area is 178 Å². The van der Waals surface area contributed by atoms with Gasteiger partial charge in [0.05, 0.1) is 17.6 Å². The van der Waals surface area contributed by atoms with Gasteiger partial charge in [-0.1, -0.05) is 28.1 Å². The quantitative estimate of drug-likeness (QED) is 0.544. The zero-order valence-electron chi connectivity index (χ0n) is 16.0. The molecule has 152 valence electrons. The van der Waals surface area contributed by atoms with Crippen molar-refractivity contribution in [3.05, 3.63) is 76.4 Å². The van der Waals surface area contributed by atoms with Gasteiger partial charge in [0.2, 0.25) is 10.0 Å². The Morgan fingerprint density at radius 2 is 1.72 bits per heavy atom. The van der Waals surface area contributed by atoms with E-state index in [9.17, 15) is 13.2 Å². The van der Waals surface area contributed by atoms with Crippen LogP contribution < -0.4 is 10.0 Å². The fourth-order valence-corrected chi connectivity index (χ4v) is 4.20. The van der Waals surface area contributed by atoms with Gasteiger partial charge < -0.3 is 5.32 Å². The Morgan fingerprint density at radius 1 is 1.07 bits per heavy atom. The summed E-state index contributed by atoms with van der Waals surface area (Å²) in [5.41, 5.74) is 1.39. The number of nitrogens with one attached hydrogen (secondary N) is 2. The minimum absolute atomic E-state index is 0.114. The summed E-state index contributed by atoms with van der Waals surface area (Å²) in [6.07, 6.45) is 1.61. The van der Waals surface area contributed by atoms with E-state index >= 15 is 0 Å². The van der Waals surface area contributed by atoms with Crippen LogP contribution in [0.2, 0.25) is 0 Å². The van der Waals surface area contributed by atoms with Gasteiger partial charge in [0.1, 0.15) is 5.82 Å². The number of sulfonamides is 1. The Morgan fingerprint density at radius 3 is 2.34 bits per heavy atom. The second-order valence-electron chi connectivity index (χ2n) is 6.76. The number of hydrogen-bond donors (Lipinski definition) is 2. The third-order valence-corrected chi connectivity index (χ3v) is 6.22. The first-order valence-corrected chi connectivity index (χ1v) is 11.2. The lowest BCUT2D eigenvalue weighted by Gasteiger charge is -2.11. The van der Waals surface area contributed by atoms with Crippen LogP contribution in [-0.4, -0.2) is 30.1 Å². The first-order chi connectivity index (χ1) is 13.7. The number of amides is 1. The fraction of sp³-hybridized carbons (Fsp3) is 0.200. The Balaban J connectivity index is 1.71. The number of carbonyl (C=O) groups excluding carboxylic acids is 1. The lowest BCUT2D eigenvalue weighted by Crippen LogP contribution is -2.30. The highest BCUT2D eigenvalue weighted by Crippen LogP contribution is 2.16. The summed E-state index contributed by atoms with van der Waals surface area (Å²) in [6.45, 7) is 4.00. The molecule has 0 saturated heterocycles. The third-order valence-electron chi connectivity index (χ3n) is 4.02. The molecule has 0 saturated carbocycles. The molecular weight excluding hydrogens is 456 g/mol. The van der Waals surface area contributed by atoms with E-state index in [4.69, 9.17) is 0 Å². The van der Waals surface area contributed by atoms with Crippen LogP contribution in [0.3, 0.4) is 0 Å². The average molecular weight is 477 g/mol. The molecule has 1 heterocycles. The number of halogens is 1. The van der Waals surface area contributed by atoms with E-state index in [-0.39, 0.29) is 16.8 Å². The first kappa shape index (κ1) is 21.2. The summed E-state index contributed by atoms with van der Waals surface area (Å²) in [4.78, 5) is 12.7. The van der Waals surface area contributed by atoms with E-state index in [2.05, 4.69) is 31.1 Å². The Hall–Kier alpha value is -2.49. The van der Waals surface area contributed by atoms with Gasteiger partial charge in [-0.2, -0.15) is 5.10 Å². The van der Waals surface area contributed by atoms with Crippen molar-refractivity contribution in [1.82, 2.24) is 14.5 Å². The van der Waals surface area contributed by atoms with Gasteiger partial charge in [0.15, 0.2) is 0 Å². The minimum Gasteiger partial charge on any atom is -0.307 e. The Kier molecular flexibility index (Phi) is 6.51. The van der Waals surface area contributed by atoms with Crippen molar-refractivity contribution in [3.63, 3.8) is 0 Å². The molecule has 0 radical (unpaired) electrons. The highest BCUT2D eigenvalue weighted by Gasteiger charge is 2.16. The largest absolute Gasteiger partial charge is 0.307 e. The summed E-state index contributed by atoms with van der Waals surface area (Å²) in [7, 11) is -3.60. The minimum atomic E-state index is -3.60. The number of anilines is 1. The molecule has 0 atom stereocenters. The van der Waals surface area contributed by atoms with Gasteiger partial charge in [0.25, 0.3) is 5.91 Å². The maximum Gasteiger partial charge on any atom is 0.256 e. The molecule has 1 aromatic heterocycles. The molecule has 0 aliphatic rings. The van der Waals surface area contributed by atoms with Crippen molar-refractivity contribution in [2.24, 2.45) is 0 Å². The summed E-state index contributed by atoms with van der Waals surface area (Å²) >= 11 is 3.40. The second kappa shape index (κ2) is 8.89. The van der Waals surface area contributed by atoms with Crippen LogP contribution in [0.25, 0.3) is 0 Å². The maximum atomic E-state index is 12.6. The lowest BCUT2D eigenvalue weighted by molar-refractivity contribution is 0.102. The second-order valence-corrected chi connectivity index (χ2v) is 9.38. The summed E-state index contributed by atoms with van der Waals surface area (Å²) < 4.78 is 29.6. The van der Waals surface area contributed by atoms with E-state index in [0.717, 1.165) is 10.0 Å². The van der Waals surface area contributed by atoms with E-state index in [0.29, 0.717) is 17.9 Å². The molecule has 3 aromatic rings. The Bertz CT molecular complexity index is 1090. The number of nitrogens with zero attached hydrogens (tertiary/aromatic N) is 2. The summed E-state index contributed by atoms with van der Waals surface area (Å²) in [6, 6.07) is 15.1. The fourth-order valence-electron chi connectivity index (χ4n) is 2.68. The molecule has 7 nitrogen and oxygen atoms in total. The standard InChI is InChI=1S/C20H21BrN4O3S/c1-14(2)24-29(27,28)18-9-5-16(6-10-18)20(26)23-19-11-12-22-25(19)13-15-3-7-17(21)8-4-15/h3-12,14,24H,13H2,1-2H3,(H,23,26). The predicted octanol–water partition coefficient (Wildman–Crippen LogP) is 3.63. The molecule has 0 spiro atoms. The summed E-state index contributed by atoms with van der Waals surface area (Å²) in [5, 5.41) is 7.07. The van der Waals surface area contributed by atoms with Gasteiger partial charge in [-0.25, -0.2) is 17.8 Å². The van der Waals surface area contributed by atoms with Crippen LogP contribution in [0, 0.1) is 0 Å². The number of benzene rings is 2. The average Bonchev–Trinajstić information content (AvgIpc) is 3.09. The van der Waals surface area contributed by atoms with Crippen molar-refractivity contribution in [1.29, 1.82) is 0 Å². The molecule has 0 fully saturated rings. The topological polar surface area (TPSA) is 93.1 Å². The van der Waals surface area contributed by atoms with Crippen LogP contribution >= 0.6 is 15.9 Å². The van der Waals surface area contributed by atoms with Crippen molar-refractivity contribution in [2.45, 2.75) is 31.3 Å². The normalized spacial score (nSPS) is 11.6. The molecule has 0 aliphatic heterocycles. The molecule has 2 aromatic carbocycles. The molecule has 0 unspecified atom stereocenters. The molecule has 1 amide bonds. The predicted molar refractivity (Wildman–Crippen MR) is 115 cm³/mol. The van der Waals surface area contributed by atoms with Gasteiger partial charge in [-0.05, 0) is 55.8 Å². The summed E-state index contributed by atoms with van der Waals surface area (Å²) in [5.74, 6) is 0.208. The van der Waals surface area contributed by atoms with Crippen LogP contribution in [0.15, 0.2) is 70.2 Å². The van der Waals surface area contributed by atoms with Crippen LogP contribution in [0.4, 0.5) is 5.82 Å². The van der Waals surface area contributed by atoms with Crippen LogP contribution in [0.1, 0.15) is 29.8 Å². The van der Waals surface area contributed by atoms with Gasteiger partial charge in [-0.15, -0.1) is 0 Å². The highest BCUT2D eigenvalue weighted by atomic mass is 79.9. The monoisotopic (exact) mass is 476 g/mol. The van der Waals surface area contributed by atoms with Gasteiger partial charge in [0, 0.05) is 22.1 Å². The van der Waals surface area contributed by atoms with Crippen molar-refractivity contribution in [2.75, 3.05) is 5.32 Å². The molecule has 0 aliphatic carbocycles. The lowest BCUT2D eigenvalue weighted by atomic mass is 10.2. The smallest absolute Gasteiger partial charge is 0.256 e. The zero-order chi connectivity index (χ0) is 21.0. The number of aromatic nitrogens is 2. The van der Waals surface area contributed by atoms with Crippen LogP contribution in [0.5, 0.6) is 0 Å². The highest BCUT2D eigenvalue weighted by molar-refractivity contribution is 9.10. The van der Waals surface area contributed by atoms with Gasteiger partial charge >= 0.3 is 0 Å². The number of carbonyl (C=O) groups is 1. The molecule has 29 heavy (non-hydrogen) atoms. The third kappa shape index (κ3) is 5.53. The first-order valence-electron chi connectivity index (χ1n) is 8.94. The van der Waals surface area contributed by atoms with Crippen molar-refractivity contribution in [3.8, 4) is 0 Å². The van der Waals surface area contributed by atoms with Gasteiger partial charge in [-0.3, -0.25) is 4.79 Å². The zero-order valence-corrected chi connectivity index (χ0v) is 18.4. The van der Waals surface area contributed by atoms with E-state index in [1.165, 1.54) is 24.3 Å². The molecule has 2 N–H and O–H groups in total. The molecular formula is C20H21BrN4O3S. The molecule has 0 bridgehead atoms. The molecule has 9 heteroatoms. The maximum absolute atomic E-state index is 12.6. The van der Waals surface area contributed by atoms with Crippen LogP contribution in [-0.2, 0) is 16.6 Å². The number of hydrogen-bond acceptors (Lipinski definition) is 4. The SMILES string of the molecule is CC(C)NS(=O)(=O)c1ccc(C(=O)Nc2ccnn2Cc2ccc(Br)cc2)cc1. The van der Waals surface area contributed by atoms with E-state index in [1.807, 2.05) is 24.3 Å². The van der Waals surface area contributed by atoms with Crippen molar-refractivity contribution < 1.29 is 13.2 Å².